The van der Waals surface area contributed by atoms with Gasteiger partial charge < -0.3 is 5.11 Å². The molecule has 1 rings (SSSR count). The largest absolute Gasteiger partial charge is 0.508 e. The molecule has 1 unspecified atom stereocenters. The van der Waals surface area contributed by atoms with Gasteiger partial charge in [-0.1, -0.05) is 45.6 Å². The first kappa shape index (κ1) is 13.6. The van der Waals surface area contributed by atoms with Crippen LogP contribution >= 0.6 is 0 Å². The fourth-order valence-corrected chi connectivity index (χ4v) is 2.01. The molecule has 1 heteroatoms. The average molecular weight is 230 g/mol. The van der Waals surface area contributed by atoms with E-state index in [9.17, 15) is 5.11 Å². The van der Waals surface area contributed by atoms with Crippen molar-refractivity contribution in [2.45, 2.75) is 39.5 Å². The number of hydrogen-bond acceptors (Lipinski definition) is 1. The third-order valence-electron chi connectivity index (χ3n) is 3.22. The van der Waals surface area contributed by atoms with E-state index in [2.05, 4.69) is 33.4 Å². The Kier molecular flexibility index (Phi) is 5.02. The highest BCUT2D eigenvalue weighted by Gasteiger charge is 2.12. The van der Waals surface area contributed by atoms with Gasteiger partial charge in [-0.15, -0.1) is 0 Å². The van der Waals surface area contributed by atoms with Crippen molar-refractivity contribution in [2.75, 3.05) is 0 Å². The summed E-state index contributed by atoms with van der Waals surface area (Å²) in [6.45, 7) is 10.3. The Morgan fingerprint density at radius 1 is 1.41 bits per heavy atom. The molecule has 17 heavy (non-hydrogen) atoms. The van der Waals surface area contributed by atoms with E-state index in [0.717, 1.165) is 12.8 Å². The number of allylic oxidation sites excluding steroid dienone is 3. The van der Waals surface area contributed by atoms with Crippen LogP contribution in [0.1, 0.15) is 50.7 Å². The lowest BCUT2D eigenvalue weighted by molar-refractivity contribution is 0.473. The van der Waals surface area contributed by atoms with Crippen molar-refractivity contribution in [3.05, 3.63) is 48.1 Å². The third kappa shape index (κ3) is 3.23. The van der Waals surface area contributed by atoms with E-state index < -0.39 is 0 Å². The van der Waals surface area contributed by atoms with Gasteiger partial charge in [0.05, 0.1) is 0 Å². The smallest absolute Gasteiger partial charge is 0.115 e. The van der Waals surface area contributed by atoms with Crippen LogP contribution in [0.15, 0.2) is 36.9 Å². The zero-order chi connectivity index (χ0) is 12.8. The molecule has 0 radical (unpaired) electrons. The molecule has 1 aromatic rings. The van der Waals surface area contributed by atoms with Gasteiger partial charge in [-0.05, 0) is 47.6 Å². The maximum Gasteiger partial charge on any atom is 0.115 e. The van der Waals surface area contributed by atoms with Gasteiger partial charge >= 0.3 is 0 Å². The summed E-state index contributed by atoms with van der Waals surface area (Å²) >= 11 is 0. The minimum absolute atomic E-state index is 0.345. The minimum atomic E-state index is 0.345. The standard InChI is InChI=1S/C16H22O/c1-5-8-13(7-3)15-10-9-14(17)11-16(15)12(4)6-2/h5,8-12,17H,1,6-7H2,2-4H3/b13-8-. The molecule has 0 saturated heterocycles. The SMILES string of the molecule is C=C/C=C(/CC)c1ccc(O)cc1C(C)CC. The van der Waals surface area contributed by atoms with Crippen molar-refractivity contribution in [1.29, 1.82) is 0 Å². The van der Waals surface area contributed by atoms with Gasteiger partial charge in [0.1, 0.15) is 5.75 Å². The molecular weight excluding hydrogens is 208 g/mol. The van der Waals surface area contributed by atoms with E-state index in [4.69, 9.17) is 0 Å². The second kappa shape index (κ2) is 6.29. The van der Waals surface area contributed by atoms with Gasteiger partial charge in [-0.2, -0.15) is 0 Å². The van der Waals surface area contributed by atoms with Gasteiger partial charge in [0.15, 0.2) is 0 Å². The highest BCUT2D eigenvalue weighted by Crippen LogP contribution is 2.32. The van der Waals surface area contributed by atoms with E-state index in [1.54, 1.807) is 6.07 Å². The first-order valence-electron chi connectivity index (χ1n) is 6.28. The highest BCUT2D eigenvalue weighted by molar-refractivity contribution is 5.70. The second-order valence-electron chi connectivity index (χ2n) is 4.36. The summed E-state index contributed by atoms with van der Waals surface area (Å²) in [4.78, 5) is 0. The summed E-state index contributed by atoms with van der Waals surface area (Å²) in [6, 6.07) is 5.65. The molecule has 0 spiro atoms. The molecule has 0 amide bonds. The normalized spacial score (nSPS) is 13.5. The summed E-state index contributed by atoms with van der Waals surface area (Å²) in [5.41, 5.74) is 3.73. The van der Waals surface area contributed by atoms with Crippen molar-refractivity contribution in [1.82, 2.24) is 0 Å². The van der Waals surface area contributed by atoms with Crippen molar-refractivity contribution in [3.63, 3.8) is 0 Å². The van der Waals surface area contributed by atoms with E-state index >= 15 is 0 Å². The molecule has 0 aliphatic heterocycles. The van der Waals surface area contributed by atoms with Gasteiger partial charge in [-0.25, -0.2) is 0 Å². The molecule has 0 fully saturated rings. The first-order chi connectivity index (χ1) is 8.13. The lowest BCUT2D eigenvalue weighted by Gasteiger charge is -2.17. The maximum absolute atomic E-state index is 9.63. The van der Waals surface area contributed by atoms with E-state index in [-0.39, 0.29) is 0 Å². The van der Waals surface area contributed by atoms with Crippen LogP contribution in [0, 0.1) is 0 Å². The summed E-state index contributed by atoms with van der Waals surface area (Å²) in [5.74, 6) is 0.801. The summed E-state index contributed by atoms with van der Waals surface area (Å²) < 4.78 is 0. The second-order valence-corrected chi connectivity index (χ2v) is 4.36. The summed E-state index contributed by atoms with van der Waals surface area (Å²) in [5, 5.41) is 9.63. The Balaban J connectivity index is 3.31. The molecular formula is C16H22O. The molecule has 1 nitrogen and oxygen atoms in total. The first-order valence-corrected chi connectivity index (χ1v) is 6.28. The van der Waals surface area contributed by atoms with Gasteiger partial charge in [0.25, 0.3) is 0 Å². The number of aromatic hydroxyl groups is 1. The summed E-state index contributed by atoms with van der Waals surface area (Å²) in [6.07, 6.45) is 5.92. The molecule has 0 heterocycles. The van der Waals surface area contributed by atoms with Crippen LogP contribution in [0.25, 0.3) is 5.57 Å². The maximum atomic E-state index is 9.63. The number of phenolic OH excluding ortho intramolecular Hbond substituents is 1. The van der Waals surface area contributed by atoms with Gasteiger partial charge in [-0.3, -0.25) is 0 Å². The Morgan fingerprint density at radius 3 is 2.65 bits per heavy atom. The number of phenols is 1. The van der Waals surface area contributed by atoms with Crippen molar-refractivity contribution in [3.8, 4) is 5.75 Å². The molecule has 0 aromatic heterocycles. The van der Waals surface area contributed by atoms with Crippen molar-refractivity contribution >= 4 is 5.57 Å². The van der Waals surface area contributed by atoms with Gasteiger partial charge in [0.2, 0.25) is 0 Å². The Labute approximate surface area is 104 Å². The fourth-order valence-electron chi connectivity index (χ4n) is 2.01. The monoisotopic (exact) mass is 230 g/mol. The number of benzene rings is 1. The lowest BCUT2D eigenvalue weighted by Crippen LogP contribution is -1.98. The topological polar surface area (TPSA) is 20.2 Å². The zero-order valence-electron chi connectivity index (χ0n) is 11.0. The Bertz CT molecular complexity index is 416. The average Bonchev–Trinajstić information content (AvgIpc) is 2.35. The molecule has 0 bridgehead atoms. The zero-order valence-corrected chi connectivity index (χ0v) is 11.0. The highest BCUT2D eigenvalue weighted by atomic mass is 16.3. The molecule has 1 atom stereocenters. The predicted molar refractivity (Wildman–Crippen MR) is 75.3 cm³/mol. The van der Waals surface area contributed by atoms with E-state index in [0.29, 0.717) is 11.7 Å². The van der Waals surface area contributed by atoms with E-state index in [1.807, 2.05) is 18.2 Å². The van der Waals surface area contributed by atoms with Crippen LogP contribution in [0.4, 0.5) is 0 Å². The fraction of sp³-hybridized carbons (Fsp3) is 0.375. The van der Waals surface area contributed by atoms with Crippen molar-refractivity contribution in [2.24, 2.45) is 0 Å². The van der Waals surface area contributed by atoms with Crippen LogP contribution in [0.5, 0.6) is 5.75 Å². The van der Waals surface area contributed by atoms with E-state index in [1.165, 1.54) is 16.7 Å². The number of hydrogen-bond donors (Lipinski definition) is 1. The quantitative estimate of drug-likeness (QED) is 0.714. The molecule has 1 aromatic carbocycles. The summed E-state index contributed by atoms with van der Waals surface area (Å²) in [7, 11) is 0. The van der Waals surface area contributed by atoms with Gasteiger partial charge in [0, 0.05) is 0 Å². The molecule has 0 aliphatic carbocycles. The molecule has 0 aliphatic rings. The minimum Gasteiger partial charge on any atom is -0.508 e. The predicted octanol–water partition coefficient (Wildman–Crippen LogP) is 4.89. The Morgan fingerprint density at radius 2 is 2.12 bits per heavy atom. The van der Waals surface area contributed by atoms with Crippen LogP contribution in [0.2, 0.25) is 0 Å². The molecule has 0 saturated carbocycles. The van der Waals surface area contributed by atoms with Crippen LogP contribution in [-0.4, -0.2) is 5.11 Å². The number of rotatable bonds is 5. The molecule has 92 valence electrons. The van der Waals surface area contributed by atoms with Crippen molar-refractivity contribution < 1.29 is 5.11 Å². The van der Waals surface area contributed by atoms with Crippen LogP contribution in [-0.2, 0) is 0 Å². The third-order valence-corrected chi connectivity index (χ3v) is 3.22. The molecule has 1 N–H and O–H groups in total. The Hall–Kier alpha value is -1.50. The van der Waals surface area contributed by atoms with Crippen LogP contribution < -0.4 is 0 Å². The lowest BCUT2D eigenvalue weighted by atomic mass is 9.89. The van der Waals surface area contributed by atoms with Crippen LogP contribution in [0.3, 0.4) is 0 Å².